The lowest BCUT2D eigenvalue weighted by Gasteiger charge is -2.22. The first-order valence-electron chi connectivity index (χ1n) is 10.8. The Morgan fingerprint density at radius 2 is 1.61 bits per heavy atom. The number of anilines is 2. The highest BCUT2D eigenvalue weighted by molar-refractivity contribution is 6.46. The van der Waals surface area contributed by atoms with Crippen molar-refractivity contribution < 1.29 is 19.1 Å². The summed E-state index contributed by atoms with van der Waals surface area (Å²) >= 11 is 0. The standard InChI is InChI=1S/C27H26N2O4/c1-5-33-21-14-12-19(13-15-21)24-25(28(3)20-9-7-6-8-10-20)27(31)29(26(24)30)22-17-18(2)11-16-23(22)32-4/h6-17H,5H2,1-4H3. The predicted molar refractivity (Wildman–Crippen MR) is 130 cm³/mol. The van der Waals surface area contributed by atoms with E-state index in [-0.39, 0.29) is 0 Å². The lowest BCUT2D eigenvalue weighted by molar-refractivity contribution is -0.120. The Balaban J connectivity index is 1.87. The van der Waals surface area contributed by atoms with Crippen LogP contribution in [0.25, 0.3) is 5.57 Å². The molecule has 0 atom stereocenters. The molecule has 0 bridgehead atoms. The van der Waals surface area contributed by atoms with Crippen molar-refractivity contribution in [2.24, 2.45) is 0 Å². The van der Waals surface area contributed by atoms with E-state index in [1.165, 1.54) is 12.0 Å². The number of nitrogens with zero attached hydrogens (tertiary/aromatic N) is 2. The van der Waals surface area contributed by atoms with Gasteiger partial charge in [0, 0.05) is 12.7 Å². The van der Waals surface area contributed by atoms with Crippen molar-refractivity contribution in [2.75, 3.05) is 30.6 Å². The third kappa shape index (κ3) is 4.07. The molecule has 0 aromatic heterocycles. The molecule has 1 heterocycles. The zero-order chi connectivity index (χ0) is 23.5. The van der Waals surface area contributed by atoms with Gasteiger partial charge in [0.2, 0.25) is 0 Å². The average Bonchev–Trinajstić information content (AvgIpc) is 3.09. The second kappa shape index (κ2) is 9.20. The maximum Gasteiger partial charge on any atom is 0.282 e. The van der Waals surface area contributed by atoms with E-state index in [1.807, 2.05) is 50.2 Å². The number of likely N-dealkylation sites (N-methyl/N-ethyl adjacent to an activating group) is 1. The van der Waals surface area contributed by atoms with Crippen LogP contribution in [-0.4, -0.2) is 32.6 Å². The zero-order valence-electron chi connectivity index (χ0n) is 19.2. The molecule has 0 N–H and O–H groups in total. The highest BCUT2D eigenvalue weighted by Crippen LogP contribution is 2.40. The molecule has 6 heteroatoms. The molecule has 0 aliphatic carbocycles. The summed E-state index contributed by atoms with van der Waals surface area (Å²) in [4.78, 5) is 30.5. The molecule has 168 valence electrons. The number of benzene rings is 3. The van der Waals surface area contributed by atoms with Gasteiger partial charge in [-0.15, -0.1) is 0 Å². The van der Waals surface area contributed by atoms with Crippen molar-refractivity contribution in [1.29, 1.82) is 0 Å². The van der Waals surface area contributed by atoms with Crippen LogP contribution in [0.2, 0.25) is 0 Å². The fourth-order valence-corrected chi connectivity index (χ4v) is 3.95. The quantitative estimate of drug-likeness (QED) is 0.491. The zero-order valence-corrected chi connectivity index (χ0v) is 19.2. The number of ether oxygens (including phenoxy) is 2. The third-order valence-electron chi connectivity index (χ3n) is 5.57. The Morgan fingerprint density at radius 3 is 2.24 bits per heavy atom. The molecule has 6 nitrogen and oxygen atoms in total. The Hall–Kier alpha value is -4.06. The maximum absolute atomic E-state index is 13.8. The van der Waals surface area contributed by atoms with Crippen LogP contribution in [-0.2, 0) is 9.59 Å². The van der Waals surface area contributed by atoms with Gasteiger partial charge in [-0.1, -0.05) is 36.4 Å². The molecule has 0 fully saturated rings. The van der Waals surface area contributed by atoms with E-state index in [9.17, 15) is 9.59 Å². The monoisotopic (exact) mass is 442 g/mol. The number of hydrogen-bond acceptors (Lipinski definition) is 5. The van der Waals surface area contributed by atoms with Crippen molar-refractivity contribution in [3.63, 3.8) is 0 Å². The molecule has 0 saturated heterocycles. The van der Waals surface area contributed by atoms with Crippen LogP contribution in [0.1, 0.15) is 18.1 Å². The lowest BCUT2D eigenvalue weighted by atomic mass is 10.0. The molecular formula is C27H26N2O4. The number of rotatable bonds is 7. The molecule has 33 heavy (non-hydrogen) atoms. The summed E-state index contributed by atoms with van der Waals surface area (Å²) in [5.41, 5.74) is 3.42. The average molecular weight is 443 g/mol. The number of para-hydroxylation sites is 1. The van der Waals surface area contributed by atoms with Gasteiger partial charge in [-0.05, 0) is 61.4 Å². The van der Waals surface area contributed by atoms with Gasteiger partial charge in [-0.25, -0.2) is 4.90 Å². The van der Waals surface area contributed by atoms with Crippen LogP contribution in [0.15, 0.2) is 78.5 Å². The van der Waals surface area contributed by atoms with Gasteiger partial charge in [0.25, 0.3) is 11.8 Å². The first kappa shape index (κ1) is 22.1. The Labute approximate surface area is 193 Å². The summed E-state index contributed by atoms with van der Waals surface area (Å²) in [7, 11) is 3.32. The number of aryl methyl sites for hydroxylation is 1. The smallest absolute Gasteiger partial charge is 0.282 e. The van der Waals surface area contributed by atoms with Crippen molar-refractivity contribution in [2.45, 2.75) is 13.8 Å². The second-order valence-electron chi connectivity index (χ2n) is 7.70. The molecular weight excluding hydrogens is 416 g/mol. The van der Waals surface area contributed by atoms with Gasteiger partial charge < -0.3 is 14.4 Å². The van der Waals surface area contributed by atoms with Crippen molar-refractivity contribution in [3.05, 3.63) is 89.6 Å². The molecule has 0 radical (unpaired) electrons. The minimum Gasteiger partial charge on any atom is -0.495 e. The molecule has 3 aromatic rings. The highest BCUT2D eigenvalue weighted by Gasteiger charge is 2.43. The van der Waals surface area contributed by atoms with E-state index in [1.54, 1.807) is 48.3 Å². The second-order valence-corrected chi connectivity index (χ2v) is 7.70. The largest absolute Gasteiger partial charge is 0.495 e. The van der Waals surface area contributed by atoms with E-state index >= 15 is 0 Å². The first-order chi connectivity index (χ1) is 16.0. The van der Waals surface area contributed by atoms with E-state index in [0.29, 0.717) is 40.6 Å². The Morgan fingerprint density at radius 1 is 0.909 bits per heavy atom. The summed E-state index contributed by atoms with van der Waals surface area (Å²) in [6, 6.07) is 22.2. The highest BCUT2D eigenvalue weighted by atomic mass is 16.5. The van der Waals surface area contributed by atoms with Gasteiger partial charge in [0.15, 0.2) is 0 Å². The van der Waals surface area contributed by atoms with Gasteiger partial charge in [-0.3, -0.25) is 9.59 Å². The summed E-state index contributed by atoms with van der Waals surface area (Å²) in [5, 5.41) is 0. The number of methoxy groups -OCH3 is 1. The van der Waals surface area contributed by atoms with Crippen molar-refractivity contribution >= 4 is 28.8 Å². The molecule has 0 saturated carbocycles. The SMILES string of the molecule is CCOc1ccc(C2=C(N(C)c3ccccc3)C(=O)N(c3cc(C)ccc3OC)C2=O)cc1. The minimum atomic E-state index is -0.404. The maximum atomic E-state index is 13.8. The predicted octanol–water partition coefficient (Wildman–Crippen LogP) is 4.82. The third-order valence-corrected chi connectivity index (χ3v) is 5.57. The number of carbonyl (C=O) groups is 2. The number of hydrogen-bond donors (Lipinski definition) is 0. The van der Waals surface area contributed by atoms with Gasteiger partial charge in [0.05, 0.1) is 25.0 Å². The van der Waals surface area contributed by atoms with Crippen LogP contribution in [0.5, 0.6) is 11.5 Å². The van der Waals surface area contributed by atoms with Crippen molar-refractivity contribution in [3.8, 4) is 11.5 Å². The van der Waals surface area contributed by atoms with Crippen LogP contribution in [0, 0.1) is 6.92 Å². The summed E-state index contributed by atoms with van der Waals surface area (Å²) < 4.78 is 11.0. The Bertz CT molecular complexity index is 1220. The van der Waals surface area contributed by atoms with Gasteiger partial charge in [0.1, 0.15) is 17.2 Å². The van der Waals surface area contributed by atoms with E-state index in [4.69, 9.17) is 9.47 Å². The van der Waals surface area contributed by atoms with Crippen LogP contribution >= 0.6 is 0 Å². The van der Waals surface area contributed by atoms with Crippen molar-refractivity contribution in [1.82, 2.24) is 0 Å². The summed E-state index contributed by atoms with van der Waals surface area (Å²) in [5.74, 6) is 0.357. The summed E-state index contributed by atoms with van der Waals surface area (Å²) in [6.07, 6.45) is 0. The number of carbonyl (C=O) groups excluding carboxylic acids is 2. The van der Waals surface area contributed by atoms with Gasteiger partial charge in [-0.2, -0.15) is 0 Å². The fourth-order valence-electron chi connectivity index (χ4n) is 3.95. The molecule has 4 rings (SSSR count). The number of amides is 2. The van der Waals surface area contributed by atoms with Crippen LogP contribution in [0.4, 0.5) is 11.4 Å². The fraction of sp³-hybridized carbons (Fsp3) is 0.185. The van der Waals surface area contributed by atoms with Crippen LogP contribution < -0.4 is 19.3 Å². The Kier molecular flexibility index (Phi) is 6.18. The summed E-state index contributed by atoms with van der Waals surface area (Å²) in [6.45, 7) is 4.36. The normalized spacial score (nSPS) is 13.5. The molecule has 3 aromatic carbocycles. The molecule has 1 aliphatic rings. The van der Waals surface area contributed by atoms with E-state index in [2.05, 4.69) is 0 Å². The molecule has 2 amide bonds. The van der Waals surface area contributed by atoms with E-state index < -0.39 is 11.8 Å². The minimum absolute atomic E-state index is 0.305. The van der Waals surface area contributed by atoms with Crippen LogP contribution in [0.3, 0.4) is 0 Å². The molecule has 1 aliphatic heterocycles. The molecule has 0 spiro atoms. The topological polar surface area (TPSA) is 59.1 Å². The first-order valence-corrected chi connectivity index (χ1v) is 10.8. The number of imide groups is 1. The van der Waals surface area contributed by atoms with E-state index in [0.717, 1.165) is 11.3 Å². The lowest BCUT2D eigenvalue weighted by Crippen LogP contribution is -2.34. The molecule has 0 unspecified atom stereocenters. The van der Waals surface area contributed by atoms with Gasteiger partial charge >= 0.3 is 0 Å².